The summed E-state index contributed by atoms with van der Waals surface area (Å²) in [5.74, 6) is 1.18. The highest BCUT2D eigenvalue weighted by atomic mass is 16.6. The molecule has 2 heterocycles. The van der Waals surface area contributed by atoms with E-state index in [0.29, 0.717) is 26.3 Å². The Kier molecular flexibility index (Phi) is 6.02. The van der Waals surface area contributed by atoms with Crippen molar-refractivity contribution in [3.63, 3.8) is 0 Å². The van der Waals surface area contributed by atoms with Crippen LogP contribution in [0.2, 0.25) is 0 Å². The van der Waals surface area contributed by atoms with Gasteiger partial charge in [-0.15, -0.1) is 0 Å². The Morgan fingerprint density at radius 2 is 1.93 bits per heavy atom. The lowest BCUT2D eigenvalue weighted by molar-refractivity contribution is 0.0938. The van der Waals surface area contributed by atoms with Crippen LogP contribution in [0.3, 0.4) is 0 Å². The molecule has 2 aromatic rings. The monoisotopic (exact) mass is 385 g/mol. The second kappa shape index (κ2) is 8.46. The van der Waals surface area contributed by atoms with Gasteiger partial charge < -0.3 is 14.8 Å². The number of unbranched alkanes of at least 4 members (excludes halogenated alkanes) is 1. The Bertz CT molecular complexity index is 905. The van der Waals surface area contributed by atoms with Crippen LogP contribution in [0.25, 0.3) is 0 Å². The van der Waals surface area contributed by atoms with Gasteiger partial charge in [-0.1, -0.05) is 33.3 Å². The average Bonchev–Trinajstić information content (AvgIpc) is 2.71. The molecule has 7 nitrogen and oxygen atoms in total. The van der Waals surface area contributed by atoms with E-state index in [0.717, 1.165) is 29.9 Å². The molecule has 1 aliphatic heterocycles. The number of hydrogen-bond donors (Lipinski definition) is 1. The molecule has 1 N–H and O–H groups in total. The van der Waals surface area contributed by atoms with Crippen molar-refractivity contribution >= 4 is 5.91 Å². The summed E-state index contributed by atoms with van der Waals surface area (Å²) in [6.07, 6.45) is 1.80. The first-order chi connectivity index (χ1) is 13.4. The van der Waals surface area contributed by atoms with Crippen molar-refractivity contribution in [1.82, 2.24) is 15.1 Å². The zero-order valence-corrected chi connectivity index (χ0v) is 16.7. The maximum Gasteiger partial charge on any atom is 0.271 e. The fourth-order valence-corrected chi connectivity index (χ4v) is 3.00. The molecule has 0 aliphatic carbocycles. The van der Waals surface area contributed by atoms with Gasteiger partial charge in [0.15, 0.2) is 11.5 Å². The summed E-state index contributed by atoms with van der Waals surface area (Å²) in [6, 6.07) is 8.71. The lowest BCUT2D eigenvalue weighted by Crippen LogP contribution is -2.38. The summed E-state index contributed by atoms with van der Waals surface area (Å²) in [4.78, 5) is 24.4. The number of carbonyl (C=O) groups excluding carboxylic acids is 1. The lowest BCUT2D eigenvalue weighted by atomic mass is 9.84. The van der Waals surface area contributed by atoms with E-state index in [4.69, 9.17) is 9.47 Å². The minimum absolute atomic E-state index is 0.193. The SMILES string of the molecule is CCCCn1nc(C(=O)NCC(C)(C)c2ccc3c(c2)OCCO3)ccc1=O. The molecule has 0 radical (unpaired) electrons. The molecule has 1 amide bonds. The normalized spacial score (nSPS) is 13.2. The second-order valence-corrected chi connectivity index (χ2v) is 7.56. The van der Waals surface area contributed by atoms with Gasteiger partial charge in [-0.2, -0.15) is 5.10 Å². The van der Waals surface area contributed by atoms with Gasteiger partial charge >= 0.3 is 0 Å². The van der Waals surface area contributed by atoms with Crippen molar-refractivity contribution in [2.75, 3.05) is 19.8 Å². The molecular formula is C21H27N3O4. The first-order valence-electron chi connectivity index (χ1n) is 9.67. The van der Waals surface area contributed by atoms with Crippen LogP contribution in [-0.4, -0.2) is 35.4 Å². The van der Waals surface area contributed by atoms with E-state index in [1.165, 1.54) is 16.8 Å². The molecule has 0 saturated carbocycles. The van der Waals surface area contributed by atoms with Gasteiger partial charge in [0.1, 0.15) is 18.9 Å². The molecule has 0 spiro atoms. The van der Waals surface area contributed by atoms with E-state index in [1.807, 2.05) is 39.0 Å². The molecular weight excluding hydrogens is 358 g/mol. The van der Waals surface area contributed by atoms with Crippen LogP contribution < -0.4 is 20.3 Å². The van der Waals surface area contributed by atoms with E-state index in [9.17, 15) is 9.59 Å². The minimum atomic E-state index is -0.317. The second-order valence-electron chi connectivity index (χ2n) is 7.56. The average molecular weight is 385 g/mol. The Balaban J connectivity index is 1.68. The van der Waals surface area contributed by atoms with Crippen LogP contribution in [0.15, 0.2) is 35.1 Å². The summed E-state index contributed by atoms with van der Waals surface area (Å²) >= 11 is 0. The molecule has 3 rings (SSSR count). The van der Waals surface area contributed by atoms with Crippen LogP contribution in [0.1, 0.15) is 49.7 Å². The third-order valence-corrected chi connectivity index (χ3v) is 4.84. The number of aryl methyl sites for hydroxylation is 1. The highest BCUT2D eigenvalue weighted by Gasteiger charge is 2.24. The topological polar surface area (TPSA) is 82.5 Å². The van der Waals surface area contributed by atoms with Gasteiger partial charge in [0.2, 0.25) is 0 Å². The number of nitrogens with one attached hydrogen (secondary N) is 1. The largest absolute Gasteiger partial charge is 0.486 e. The molecule has 1 aromatic heterocycles. The van der Waals surface area contributed by atoms with Gasteiger partial charge in [0.25, 0.3) is 11.5 Å². The van der Waals surface area contributed by atoms with Crippen molar-refractivity contribution < 1.29 is 14.3 Å². The summed E-state index contributed by atoms with van der Waals surface area (Å²) < 4.78 is 12.6. The molecule has 0 bridgehead atoms. The van der Waals surface area contributed by atoms with E-state index < -0.39 is 0 Å². The van der Waals surface area contributed by atoms with Crippen LogP contribution in [0.4, 0.5) is 0 Å². The number of nitrogens with zero attached hydrogens (tertiary/aromatic N) is 2. The van der Waals surface area contributed by atoms with E-state index in [2.05, 4.69) is 10.4 Å². The van der Waals surface area contributed by atoms with E-state index in [-0.39, 0.29) is 22.6 Å². The highest BCUT2D eigenvalue weighted by Crippen LogP contribution is 2.34. The third kappa shape index (κ3) is 4.52. The Morgan fingerprint density at radius 1 is 1.18 bits per heavy atom. The van der Waals surface area contributed by atoms with Gasteiger partial charge in [-0.05, 0) is 30.2 Å². The maximum atomic E-state index is 12.6. The van der Waals surface area contributed by atoms with E-state index >= 15 is 0 Å². The summed E-state index contributed by atoms with van der Waals surface area (Å²) in [7, 11) is 0. The maximum absolute atomic E-state index is 12.6. The van der Waals surface area contributed by atoms with Gasteiger partial charge in [0, 0.05) is 24.6 Å². The van der Waals surface area contributed by atoms with Crippen molar-refractivity contribution in [1.29, 1.82) is 0 Å². The minimum Gasteiger partial charge on any atom is -0.486 e. The standard InChI is InChI=1S/C21H27N3O4/c1-4-5-10-24-19(25)9-7-16(23-24)20(26)22-14-21(2,3)15-6-8-17-18(13-15)28-12-11-27-17/h6-9,13H,4-5,10-12,14H2,1-3H3,(H,22,26). The van der Waals surface area contributed by atoms with Gasteiger partial charge in [-0.3, -0.25) is 9.59 Å². The molecule has 0 unspecified atom stereocenters. The number of fused-ring (bicyclic) bond motifs is 1. The zero-order valence-electron chi connectivity index (χ0n) is 16.7. The first-order valence-corrected chi connectivity index (χ1v) is 9.67. The number of benzene rings is 1. The molecule has 0 saturated heterocycles. The summed E-state index contributed by atoms with van der Waals surface area (Å²) in [5, 5.41) is 7.13. The predicted octanol–water partition coefficient (Wildman–Crippen LogP) is 2.52. The molecule has 0 atom stereocenters. The van der Waals surface area contributed by atoms with Crippen molar-refractivity contribution in [2.45, 2.75) is 45.6 Å². The molecule has 0 fully saturated rings. The molecule has 7 heteroatoms. The van der Waals surface area contributed by atoms with Crippen LogP contribution in [0.5, 0.6) is 11.5 Å². The number of amides is 1. The summed E-state index contributed by atoms with van der Waals surface area (Å²) in [6.45, 7) is 8.16. The quantitative estimate of drug-likeness (QED) is 0.792. The number of carbonyl (C=O) groups is 1. The van der Waals surface area contributed by atoms with Crippen LogP contribution in [0, 0.1) is 0 Å². The smallest absolute Gasteiger partial charge is 0.271 e. The van der Waals surface area contributed by atoms with Crippen molar-refractivity contribution in [3.8, 4) is 11.5 Å². The van der Waals surface area contributed by atoms with Gasteiger partial charge in [0.05, 0.1) is 0 Å². The summed E-state index contributed by atoms with van der Waals surface area (Å²) in [5.41, 5.74) is 0.774. The highest BCUT2D eigenvalue weighted by molar-refractivity contribution is 5.92. The van der Waals surface area contributed by atoms with E-state index in [1.54, 1.807) is 0 Å². The number of aromatic nitrogens is 2. The molecule has 1 aromatic carbocycles. The Hall–Kier alpha value is -2.83. The Labute approximate surface area is 164 Å². The molecule has 150 valence electrons. The lowest BCUT2D eigenvalue weighted by Gasteiger charge is -2.27. The third-order valence-electron chi connectivity index (χ3n) is 4.84. The van der Waals surface area contributed by atoms with Crippen LogP contribution >= 0.6 is 0 Å². The van der Waals surface area contributed by atoms with Gasteiger partial charge in [-0.25, -0.2) is 4.68 Å². The Morgan fingerprint density at radius 3 is 2.68 bits per heavy atom. The van der Waals surface area contributed by atoms with Crippen LogP contribution in [-0.2, 0) is 12.0 Å². The predicted molar refractivity (Wildman–Crippen MR) is 106 cm³/mol. The molecule has 28 heavy (non-hydrogen) atoms. The number of ether oxygens (including phenoxy) is 2. The fraction of sp³-hybridized carbons (Fsp3) is 0.476. The van der Waals surface area contributed by atoms with Crippen molar-refractivity contribution in [2.24, 2.45) is 0 Å². The fourth-order valence-electron chi connectivity index (χ4n) is 3.00. The number of rotatable bonds is 7. The first kappa shape index (κ1) is 19.9. The van der Waals surface area contributed by atoms with Crippen molar-refractivity contribution in [3.05, 3.63) is 51.9 Å². The number of hydrogen-bond acceptors (Lipinski definition) is 5. The zero-order chi connectivity index (χ0) is 20.1. The molecule has 1 aliphatic rings.